The summed E-state index contributed by atoms with van der Waals surface area (Å²) in [5.74, 6) is 0.799. The van der Waals surface area contributed by atoms with Gasteiger partial charge in [-0.1, -0.05) is 13.8 Å². The van der Waals surface area contributed by atoms with Crippen molar-refractivity contribution in [3.63, 3.8) is 0 Å². The lowest BCUT2D eigenvalue weighted by molar-refractivity contribution is -0.0345. The van der Waals surface area contributed by atoms with E-state index in [9.17, 15) is 5.11 Å². The fourth-order valence-electron chi connectivity index (χ4n) is 3.23. The fourth-order valence-corrected chi connectivity index (χ4v) is 3.23. The van der Waals surface area contributed by atoms with E-state index < -0.39 is 0 Å². The molecule has 0 aromatic rings. The number of aliphatic hydroxyl groups excluding tert-OH is 1. The van der Waals surface area contributed by atoms with Gasteiger partial charge in [-0.2, -0.15) is 0 Å². The van der Waals surface area contributed by atoms with Crippen molar-refractivity contribution in [2.75, 3.05) is 13.2 Å². The number of rotatable bonds is 6. The first-order valence-electron chi connectivity index (χ1n) is 7.38. The highest BCUT2D eigenvalue weighted by molar-refractivity contribution is 4.88. The molecular formula is C15H28O3. The van der Waals surface area contributed by atoms with E-state index in [4.69, 9.17) is 9.47 Å². The second kappa shape index (κ2) is 5.89. The van der Waals surface area contributed by atoms with Crippen LogP contribution < -0.4 is 0 Å². The highest BCUT2D eigenvalue weighted by Crippen LogP contribution is 2.43. The molecule has 1 aliphatic carbocycles. The predicted octanol–water partition coefficient (Wildman–Crippen LogP) is 2.76. The molecule has 3 nitrogen and oxygen atoms in total. The average molecular weight is 256 g/mol. The monoisotopic (exact) mass is 256 g/mol. The first-order chi connectivity index (χ1) is 8.47. The van der Waals surface area contributed by atoms with Crippen LogP contribution in [0, 0.1) is 11.3 Å². The van der Waals surface area contributed by atoms with Crippen molar-refractivity contribution in [2.24, 2.45) is 11.3 Å². The van der Waals surface area contributed by atoms with Crippen LogP contribution in [0.5, 0.6) is 0 Å². The third-order valence-corrected chi connectivity index (χ3v) is 4.51. The molecule has 0 bridgehead atoms. The second-order valence-electron chi connectivity index (χ2n) is 6.80. The normalized spacial score (nSPS) is 34.3. The van der Waals surface area contributed by atoms with E-state index in [-0.39, 0.29) is 6.10 Å². The minimum absolute atomic E-state index is 0.342. The van der Waals surface area contributed by atoms with Gasteiger partial charge in [-0.05, 0) is 50.4 Å². The highest BCUT2D eigenvalue weighted by atomic mass is 16.6. The van der Waals surface area contributed by atoms with Gasteiger partial charge in [0.15, 0.2) is 0 Å². The van der Waals surface area contributed by atoms with E-state index in [0.29, 0.717) is 24.2 Å². The number of hydrogen-bond acceptors (Lipinski definition) is 3. The molecule has 2 atom stereocenters. The Labute approximate surface area is 111 Å². The zero-order valence-corrected chi connectivity index (χ0v) is 12.0. The zero-order chi connectivity index (χ0) is 13.2. The molecule has 1 heterocycles. The van der Waals surface area contributed by atoms with Crippen molar-refractivity contribution in [3.05, 3.63) is 0 Å². The summed E-state index contributed by atoms with van der Waals surface area (Å²) in [4.78, 5) is 0. The molecule has 2 rings (SSSR count). The van der Waals surface area contributed by atoms with Crippen molar-refractivity contribution in [1.82, 2.24) is 0 Å². The Kier molecular flexibility index (Phi) is 4.68. The Hall–Kier alpha value is -0.120. The third kappa shape index (κ3) is 4.22. The van der Waals surface area contributed by atoms with Gasteiger partial charge in [-0.15, -0.1) is 0 Å². The van der Waals surface area contributed by atoms with Crippen LogP contribution in [-0.4, -0.2) is 36.6 Å². The van der Waals surface area contributed by atoms with Crippen LogP contribution in [0.3, 0.4) is 0 Å². The Balaban J connectivity index is 1.71. The summed E-state index contributed by atoms with van der Waals surface area (Å²) >= 11 is 0. The van der Waals surface area contributed by atoms with Crippen molar-refractivity contribution in [2.45, 2.75) is 71.2 Å². The second-order valence-corrected chi connectivity index (χ2v) is 6.80. The van der Waals surface area contributed by atoms with Gasteiger partial charge in [0.05, 0.1) is 31.5 Å². The smallest absolute Gasteiger partial charge is 0.0815 e. The van der Waals surface area contributed by atoms with Gasteiger partial charge in [0.1, 0.15) is 0 Å². The minimum atomic E-state index is -0.342. The van der Waals surface area contributed by atoms with E-state index >= 15 is 0 Å². The van der Waals surface area contributed by atoms with Crippen molar-refractivity contribution < 1.29 is 14.6 Å². The maximum atomic E-state index is 9.23. The van der Waals surface area contributed by atoms with Gasteiger partial charge in [-0.25, -0.2) is 0 Å². The summed E-state index contributed by atoms with van der Waals surface area (Å²) in [7, 11) is 0. The Morgan fingerprint density at radius 3 is 2.39 bits per heavy atom. The van der Waals surface area contributed by atoms with Crippen molar-refractivity contribution >= 4 is 0 Å². The Morgan fingerprint density at radius 1 is 1.28 bits per heavy atom. The average Bonchev–Trinajstić information content (AvgIpc) is 3.10. The van der Waals surface area contributed by atoms with Crippen LogP contribution in [0.1, 0.15) is 52.9 Å². The first kappa shape index (κ1) is 14.3. The lowest BCUT2D eigenvalue weighted by Crippen LogP contribution is -2.32. The number of ether oxygens (including phenoxy) is 2. The summed E-state index contributed by atoms with van der Waals surface area (Å²) in [5.41, 5.74) is 0.399. The highest BCUT2D eigenvalue weighted by Gasteiger charge is 2.38. The van der Waals surface area contributed by atoms with Crippen LogP contribution in [0.15, 0.2) is 0 Å². The van der Waals surface area contributed by atoms with Gasteiger partial charge in [0.25, 0.3) is 0 Å². The minimum Gasteiger partial charge on any atom is -0.391 e. The molecule has 2 aliphatic rings. The summed E-state index contributed by atoms with van der Waals surface area (Å²) < 4.78 is 11.1. The molecule has 2 unspecified atom stereocenters. The summed E-state index contributed by atoms with van der Waals surface area (Å²) in [6.07, 6.45) is 6.56. The fraction of sp³-hybridized carbons (Fsp3) is 1.00. The van der Waals surface area contributed by atoms with Gasteiger partial charge in [0.2, 0.25) is 0 Å². The van der Waals surface area contributed by atoms with Crippen LogP contribution in [0.4, 0.5) is 0 Å². The van der Waals surface area contributed by atoms with Gasteiger partial charge in [0, 0.05) is 0 Å². The first-order valence-corrected chi connectivity index (χ1v) is 7.38. The quantitative estimate of drug-likeness (QED) is 0.743. The number of epoxide rings is 1. The largest absolute Gasteiger partial charge is 0.391 e. The lowest BCUT2D eigenvalue weighted by atomic mass is 9.68. The molecule has 1 aliphatic heterocycles. The number of hydrogen-bond donors (Lipinski definition) is 1. The molecule has 2 fully saturated rings. The zero-order valence-electron chi connectivity index (χ0n) is 12.0. The molecule has 1 N–H and O–H groups in total. The predicted molar refractivity (Wildman–Crippen MR) is 71.5 cm³/mol. The maximum absolute atomic E-state index is 9.23. The molecule has 1 saturated carbocycles. The SMILES string of the molecule is CC(O)COC1CCC(C(C)(C)CC2CO2)CC1. The summed E-state index contributed by atoms with van der Waals surface area (Å²) in [6, 6.07) is 0. The molecule has 0 aromatic heterocycles. The summed E-state index contributed by atoms with van der Waals surface area (Å²) in [5, 5.41) is 9.23. The number of aliphatic hydroxyl groups is 1. The molecule has 3 heteroatoms. The van der Waals surface area contributed by atoms with Crippen LogP contribution in [-0.2, 0) is 9.47 Å². The topological polar surface area (TPSA) is 42.0 Å². The Bertz CT molecular complexity index is 250. The molecule has 1 saturated heterocycles. The van der Waals surface area contributed by atoms with E-state index in [1.165, 1.54) is 19.3 Å². The lowest BCUT2D eigenvalue weighted by Gasteiger charge is -2.39. The van der Waals surface area contributed by atoms with Crippen LogP contribution in [0.25, 0.3) is 0 Å². The van der Waals surface area contributed by atoms with Gasteiger partial charge < -0.3 is 14.6 Å². The summed E-state index contributed by atoms with van der Waals surface area (Å²) in [6.45, 7) is 8.00. The van der Waals surface area contributed by atoms with E-state index in [0.717, 1.165) is 25.4 Å². The molecular weight excluding hydrogens is 228 g/mol. The van der Waals surface area contributed by atoms with E-state index in [2.05, 4.69) is 13.8 Å². The molecule has 0 spiro atoms. The van der Waals surface area contributed by atoms with Gasteiger partial charge >= 0.3 is 0 Å². The maximum Gasteiger partial charge on any atom is 0.0815 e. The molecule has 0 amide bonds. The molecule has 0 radical (unpaired) electrons. The van der Waals surface area contributed by atoms with Gasteiger partial charge in [-0.3, -0.25) is 0 Å². The molecule has 106 valence electrons. The molecule has 0 aromatic carbocycles. The Morgan fingerprint density at radius 2 is 1.89 bits per heavy atom. The van der Waals surface area contributed by atoms with Crippen molar-refractivity contribution in [1.29, 1.82) is 0 Å². The van der Waals surface area contributed by atoms with Crippen LogP contribution >= 0.6 is 0 Å². The standard InChI is InChI=1S/C15H28O3/c1-11(16)9-17-13-6-4-12(5-7-13)15(2,3)8-14-10-18-14/h11-14,16H,4-10H2,1-3H3. The van der Waals surface area contributed by atoms with Crippen LogP contribution in [0.2, 0.25) is 0 Å². The van der Waals surface area contributed by atoms with E-state index in [1.807, 2.05) is 0 Å². The van der Waals surface area contributed by atoms with E-state index in [1.54, 1.807) is 6.92 Å². The third-order valence-electron chi connectivity index (χ3n) is 4.51. The van der Waals surface area contributed by atoms with Crippen molar-refractivity contribution in [3.8, 4) is 0 Å². The molecule has 18 heavy (non-hydrogen) atoms.